The number of benzene rings is 2. The second-order valence-corrected chi connectivity index (χ2v) is 7.94. The summed E-state index contributed by atoms with van der Waals surface area (Å²) in [5.41, 5.74) is 2.10. The summed E-state index contributed by atoms with van der Waals surface area (Å²) in [4.78, 5) is 33.2. The van der Waals surface area contributed by atoms with Crippen molar-refractivity contribution in [3.8, 4) is 22.6 Å². The molecule has 4 rings (SSSR count). The fourth-order valence-corrected chi connectivity index (χ4v) is 3.27. The normalized spacial score (nSPS) is 12.7. The number of nitrogens with one attached hydrogen (secondary N) is 2. The molecule has 8 heteroatoms. The molecule has 2 heterocycles. The summed E-state index contributed by atoms with van der Waals surface area (Å²) in [5, 5.41) is 5.96. The first-order valence-electron chi connectivity index (χ1n) is 10.6. The van der Waals surface area contributed by atoms with Crippen molar-refractivity contribution in [3.63, 3.8) is 0 Å². The molecule has 0 aliphatic rings. The second-order valence-electron chi connectivity index (χ2n) is 7.94. The van der Waals surface area contributed by atoms with Gasteiger partial charge >= 0.3 is 0 Å². The molecule has 0 spiro atoms. The Hall–Kier alpha value is -4.20. The van der Waals surface area contributed by atoms with Crippen LogP contribution in [-0.2, 0) is 0 Å². The molecule has 168 valence electrons. The molecular formula is C25H24N4O4. The number of nitrogens with zero attached hydrogens (tertiary/aromatic N) is 2. The van der Waals surface area contributed by atoms with Crippen molar-refractivity contribution in [1.82, 2.24) is 20.6 Å². The number of hydrogen-bond acceptors (Lipinski definition) is 6. The number of aromatic nitrogens is 2. The maximum absolute atomic E-state index is 12.8. The Morgan fingerprint density at radius 3 is 1.73 bits per heavy atom. The zero-order valence-corrected chi connectivity index (χ0v) is 18.4. The maximum atomic E-state index is 12.8. The van der Waals surface area contributed by atoms with Gasteiger partial charge in [0.25, 0.3) is 11.8 Å². The molecule has 33 heavy (non-hydrogen) atoms. The van der Waals surface area contributed by atoms with Gasteiger partial charge in [-0.2, -0.15) is 0 Å². The maximum Gasteiger partial charge on any atom is 0.251 e. The molecule has 0 bridgehead atoms. The van der Waals surface area contributed by atoms with E-state index in [1.54, 1.807) is 48.8 Å². The summed E-state index contributed by atoms with van der Waals surface area (Å²) in [5.74, 6) is 0.840. The van der Waals surface area contributed by atoms with Crippen LogP contribution in [0.15, 0.2) is 82.5 Å². The summed E-state index contributed by atoms with van der Waals surface area (Å²) in [6.07, 6.45) is 6.60. The average molecular weight is 444 g/mol. The van der Waals surface area contributed by atoms with E-state index in [-0.39, 0.29) is 18.4 Å². The third-order valence-corrected chi connectivity index (χ3v) is 5.56. The van der Waals surface area contributed by atoms with Crippen LogP contribution in [0.5, 0.6) is 0 Å². The van der Waals surface area contributed by atoms with E-state index < -0.39 is 5.54 Å². The predicted octanol–water partition coefficient (Wildman–Crippen LogP) is 4.33. The molecule has 2 N–H and O–H groups in total. The largest absolute Gasteiger partial charge is 0.444 e. The zero-order valence-electron chi connectivity index (χ0n) is 18.4. The first kappa shape index (κ1) is 22.0. The number of hydrogen-bond donors (Lipinski definition) is 2. The zero-order chi connectivity index (χ0) is 23.3. The highest BCUT2D eigenvalue weighted by molar-refractivity contribution is 5.96. The lowest BCUT2D eigenvalue weighted by Gasteiger charge is -2.30. The van der Waals surface area contributed by atoms with Crippen molar-refractivity contribution in [2.24, 2.45) is 0 Å². The Bertz CT molecular complexity index is 1200. The molecule has 0 fully saturated rings. The van der Waals surface area contributed by atoms with Gasteiger partial charge in [-0.1, -0.05) is 31.2 Å². The monoisotopic (exact) mass is 444 g/mol. The molecule has 2 aromatic heterocycles. The van der Waals surface area contributed by atoms with Crippen LogP contribution in [0.4, 0.5) is 0 Å². The van der Waals surface area contributed by atoms with E-state index in [0.29, 0.717) is 29.1 Å². The number of oxazole rings is 2. The van der Waals surface area contributed by atoms with Crippen molar-refractivity contribution in [2.75, 3.05) is 6.54 Å². The van der Waals surface area contributed by atoms with E-state index >= 15 is 0 Å². The Morgan fingerprint density at radius 2 is 1.30 bits per heavy atom. The molecule has 1 atom stereocenters. The van der Waals surface area contributed by atoms with Gasteiger partial charge in [0, 0.05) is 28.8 Å². The molecule has 0 saturated heterocycles. The van der Waals surface area contributed by atoms with Gasteiger partial charge in [-0.25, -0.2) is 9.97 Å². The lowest BCUT2D eigenvalue weighted by Crippen LogP contribution is -2.53. The number of carbonyl (C=O) groups excluding carboxylic acids is 2. The average Bonchev–Trinajstić information content (AvgIpc) is 3.58. The predicted molar refractivity (Wildman–Crippen MR) is 122 cm³/mol. The van der Waals surface area contributed by atoms with E-state index in [2.05, 4.69) is 20.6 Å². The Labute approximate surface area is 191 Å². The van der Waals surface area contributed by atoms with Crippen molar-refractivity contribution < 1.29 is 18.4 Å². The highest BCUT2D eigenvalue weighted by atomic mass is 16.3. The summed E-state index contributed by atoms with van der Waals surface area (Å²) in [6.45, 7) is 4.15. The topological polar surface area (TPSA) is 110 Å². The Kier molecular flexibility index (Phi) is 6.35. The highest BCUT2D eigenvalue weighted by Crippen LogP contribution is 2.20. The minimum absolute atomic E-state index is 0.214. The van der Waals surface area contributed by atoms with Crippen LogP contribution >= 0.6 is 0 Å². The third-order valence-electron chi connectivity index (χ3n) is 5.56. The van der Waals surface area contributed by atoms with Gasteiger partial charge < -0.3 is 19.5 Å². The number of rotatable bonds is 8. The SMILES string of the molecule is CC[C@@](C)(CNC(=O)c1ccc(-c2cnco2)cc1)NC(=O)c1ccc(-c2cnco2)cc1. The van der Waals surface area contributed by atoms with Gasteiger partial charge in [0.05, 0.1) is 17.9 Å². The van der Waals surface area contributed by atoms with Crippen LogP contribution in [-0.4, -0.2) is 33.9 Å². The standard InChI is InChI=1S/C25H24N4O4/c1-3-25(2,29-24(31)20-10-6-18(7-11-20)22-13-27-16-33-22)14-28-23(30)19-8-4-17(5-9-19)21-12-26-15-32-21/h4-13,15-16H,3,14H2,1-2H3,(H,28,30)(H,29,31)/t25-/m0/s1. The fourth-order valence-electron chi connectivity index (χ4n) is 3.27. The molecule has 0 aliphatic heterocycles. The Balaban J connectivity index is 1.36. The van der Waals surface area contributed by atoms with Crippen LogP contribution in [0.1, 0.15) is 41.0 Å². The van der Waals surface area contributed by atoms with Crippen LogP contribution < -0.4 is 10.6 Å². The van der Waals surface area contributed by atoms with Crippen molar-refractivity contribution in [1.29, 1.82) is 0 Å². The van der Waals surface area contributed by atoms with Crippen LogP contribution in [0.3, 0.4) is 0 Å². The lowest BCUT2D eigenvalue weighted by atomic mass is 9.97. The van der Waals surface area contributed by atoms with Gasteiger partial charge in [-0.15, -0.1) is 0 Å². The van der Waals surface area contributed by atoms with Gasteiger partial charge in [0.2, 0.25) is 0 Å². The summed E-state index contributed by atoms with van der Waals surface area (Å²) < 4.78 is 10.5. The van der Waals surface area contributed by atoms with E-state index in [9.17, 15) is 9.59 Å². The number of carbonyl (C=O) groups is 2. The summed E-state index contributed by atoms with van der Waals surface area (Å²) in [6, 6.07) is 14.1. The van der Waals surface area contributed by atoms with Crippen molar-refractivity contribution in [3.05, 3.63) is 84.8 Å². The van der Waals surface area contributed by atoms with E-state index in [1.165, 1.54) is 12.8 Å². The first-order valence-corrected chi connectivity index (χ1v) is 10.6. The van der Waals surface area contributed by atoms with E-state index in [0.717, 1.165) is 11.1 Å². The minimum Gasteiger partial charge on any atom is -0.444 e. The smallest absolute Gasteiger partial charge is 0.251 e. The van der Waals surface area contributed by atoms with Crippen LogP contribution in [0, 0.1) is 0 Å². The van der Waals surface area contributed by atoms with Gasteiger partial charge in [0.1, 0.15) is 0 Å². The quantitative estimate of drug-likeness (QED) is 0.419. The molecule has 8 nitrogen and oxygen atoms in total. The highest BCUT2D eigenvalue weighted by Gasteiger charge is 2.26. The first-order chi connectivity index (χ1) is 16.0. The molecule has 4 aromatic rings. The molecule has 0 unspecified atom stereocenters. The van der Waals surface area contributed by atoms with Crippen LogP contribution in [0.25, 0.3) is 22.6 Å². The van der Waals surface area contributed by atoms with E-state index in [4.69, 9.17) is 8.83 Å². The van der Waals surface area contributed by atoms with Gasteiger partial charge in [-0.3, -0.25) is 9.59 Å². The molecule has 0 saturated carbocycles. The third kappa shape index (κ3) is 5.17. The van der Waals surface area contributed by atoms with E-state index in [1.807, 2.05) is 26.0 Å². The molecular weight excluding hydrogens is 420 g/mol. The summed E-state index contributed by atoms with van der Waals surface area (Å²) in [7, 11) is 0. The summed E-state index contributed by atoms with van der Waals surface area (Å²) >= 11 is 0. The van der Waals surface area contributed by atoms with Gasteiger partial charge in [0.15, 0.2) is 24.3 Å². The molecule has 0 radical (unpaired) electrons. The Morgan fingerprint density at radius 1 is 0.818 bits per heavy atom. The van der Waals surface area contributed by atoms with Gasteiger partial charge in [-0.05, 0) is 37.6 Å². The lowest BCUT2D eigenvalue weighted by molar-refractivity contribution is 0.0871. The van der Waals surface area contributed by atoms with Crippen molar-refractivity contribution in [2.45, 2.75) is 25.8 Å². The minimum atomic E-state index is -0.615. The molecule has 2 amide bonds. The molecule has 2 aromatic carbocycles. The second kappa shape index (κ2) is 9.52. The fraction of sp³-hybridized carbons (Fsp3) is 0.200. The van der Waals surface area contributed by atoms with Crippen LogP contribution in [0.2, 0.25) is 0 Å². The molecule has 0 aliphatic carbocycles. The number of amides is 2. The van der Waals surface area contributed by atoms with Crippen molar-refractivity contribution >= 4 is 11.8 Å².